The third-order valence-electron chi connectivity index (χ3n) is 4.54. The topological polar surface area (TPSA) is 84.5 Å². The number of ether oxygens (including phenoxy) is 1. The molecule has 0 saturated heterocycles. The Morgan fingerprint density at radius 1 is 1.36 bits per heavy atom. The van der Waals surface area contributed by atoms with Crippen molar-refractivity contribution < 1.29 is 17.9 Å². The van der Waals surface area contributed by atoms with Crippen LogP contribution in [0.1, 0.15) is 43.0 Å². The number of benzene rings is 1. The number of carbonyl (C=O) groups is 1. The van der Waals surface area contributed by atoms with Crippen molar-refractivity contribution >= 4 is 15.9 Å². The van der Waals surface area contributed by atoms with E-state index >= 15 is 0 Å². The molecule has 0 aromatic heterocycles. The van der Waals surface area contributed by atoms with Gasteiger partial charge in [-0.1, -0.05) is 25.8 Å². The maximum atomic E-state index is 12.9. The second kappa shape index (κ2) is 8.49. The first kappa shape index (κ1) is 19.5. The zero-order valence-corrected chi connectivity index (χ0v) is 15.6. The zero-order valence-electron chi connectivity index (χ0n) is 14.7. The molecule has 6 nitrogen and oxygen atoms in total. The lowest BCUT2D eigenvalue weighted by molar-refractivity contribution is 0.0957. The minimum absolute atomic E-state index is 0.0148. The van der Waals surface area contributed by atoms with E-state index in [-0.39, 0.29) is 34.1 Å². The quantitative estimate of drug-likeness (QED) is 0.726. The van der Waals surface area contributed by atoms with Gasteiger partial charge in [0.1, 0.15) is 10.6 Å². The van der Waals surface area contributed by atoms with Gasteiger partial charge in [-0.25, -0.2) is 13.1 Å². The highest BCUT2D eigenvalue weighted by molar-refractivity contribution is 7.89. The summed E-state index contributed by atoms with van der Waals surface area (Å²) in [5.74, 6) is 0.148. The van der Waals surface area contributed by atoms with Crippen LogP contribution in [0.2, 0.25) is 0 Å². The summed E-state index contributed by atoms with van der Waals surface area (Å²) in [6, 6.07) is 4.30. The van der Waals surface area contributed by atoms with Crippen LogP contribution in [-0.2, 0) is 10.0 Å². The molecule has 0 radical (unpaired) electrons. The molecule has 1 aromatic rings. The normalized spacial score (nSPS) is 20.7. The summed E-state index contributed by atoms with van der Waals surface area (Å²) < 4.78 is 33.7. The fourth-order valence-electron chi connectivity index (χ4n) is 3.05. The molecule has 1 aliphatic carbocycles. The standard InChI is InChI=1S/C18H26N2O4S/c1-4-11-19-18(21)14-9-10-16(24-3)17(12-14)25(22,23)20-15-8-6-5-7-13(15)2/h4,9-10,12-13,15,20H,1,5-8,11H2,2-3H3,(H,19,21)/t13-,15+/m1/s1. The van der Waals surface area contributed by atoms with E-state index in [1.807, 2.05) is 0 Å². The van der Waals surface area contributed by atoms with Crippen molar-refractivity contribution in [1.29, 1.82) is 0 Å². The van der Waals surface area contributed by atoms with Crippen LogP contribution in [0.3, 0.4) is 0 Å². The van der Waals surface area contributed by atoms with E-state index in [1.54, 1.807) is 12.1 Å². The van der Waals surface area contributed by atoms with E-state index in [9.17, 15) is 13.2 Å². The molecule has 1 amide bonds. The van der Waals surface area contributed by atoms with Crippen molar-refractivity contribution in [2.45, 2.75) is 43.5 Å². The van der Waals surface area contributed by atoms with Crippen LogP contribution in [0.4, 0.5) is 0 Å². The van der Waals surface area contributed by atoms with Gasteiger partial charge in [-0.3, -0.25) is 4.79 Å². The Kier molecular flexibility index (Phi) is 6.61. The monoisotopic (exact) mass is 366 g/mol. The maximum absolute atomic E-state index is 12.9. The first-order valence-corrected chi connectivity index (χ1v) is 9.97. The Hall–Kier alpha value is -1.86. The molecule has 138 valence electrons. The average molecular weight is 366 g/mol. The minimum Gasteiger partial charge on any atom is -0.495 e. The van der Waals surface area contributed by atoms with Gasteiger partial charge in [0.05, 0.1) is 7.11 Å². The first-order valence-electron chi connectivity index (χ1n) is 8.48. The van der Waals surface area contributed by atoms with Crippen LogP contribution in [0, 0.1) is 5.92 Å². The highest BCUT2D eigenvalue weighted by Gasteiger charge is 2.29. The minimum atomic E-state index is -3.79. The van der Waals surface area contributed by atoms with Gasteiger partial charge in [0, 0.05) is 18.2 Å². The van der Waals surface area contributed by atoms with Gasteiger partial charge in [0.2, 0.25) is 10.0 Å². The number of sulfonamides is 1. The summed E-state index contributed by atoms with van der Waals surface area (Å²) in [6.07, 6.45) is 5.53. The molecule has 2 rings (SSSR count). The molecule has 1 fully saturated rings. The largest absolute Gasteiger partial charge is 0.495 e. The Balaban J connectivity index is 2.30. The molecule has 25 heavy (non-hydrogen) atoms. The highest BCUT2D eigenvalue weighted by Crippen LogP contribution is 2.29. The third-order valence-corrected chi connectivity index (χ3v) is 6.05. The van der Waals surface area contributed by atoms with Gasteiger partial charge < -0.3 is 10.1 Å². The second-order valence-corrected chi connectivity index (χ2v) is 8.04. The highest BCUT2D eigenvalue weighted by atomic mass is 32.2. The number of hydrogen-bond donors (Lipinski definition) is 2. The van der Waals surface area contributed by atoms with Crippen molar-refractivity contribution in [3.63, 3.8) is 0 Å². The van der Waals surface area contributed by atoms with E-state index in [2.05, 4.69) is 23.5 Å². The molecule has 0 spiro atoms. The fourth-order valence-corrected chi connectivity index (χ4v) is 4.62. The molecule has 0 aliphatic heterocycles. The summed E-state index contributed by atoms with van der Waals surface area (Å²) in [7, 11) is -2.38. The molecule has 7 heteroatoms. The predicted molar refractivity (Wildman–Crippen MR) is 97.3 cm³/mol. The van der Waals surface area contributed by atoms with Crippen LogP contribution in [-0.4, -0.2) is 34.0 Å². The maximum Gasteiger partial charge on any atom is 0.251 e. The lowest BCUT2D eigenvalue weighted by Crippen LogP contribution is -2.41. The Labute approximate surface area is 149 Å². The van der Waals surface area contributed by atoms with Gasteiger partial charge in [-0.2, -0.15) is 0 Å². The van der Waals surface area contributed by atoms with Gasteiger partial charge in [-0.15, -0.1) is 6.58 Å². The summed E-state index contributed by atoms with van der Waals surface area (Å²) in [5.41, 5.74) is 0.264. The molecule has 1 aromatic carbocycles. The summed E-state index contributed by atoms with van der Waals surface area (Å²) >= 11 is 0. The number of nitrogens with one attached hydrogen (secondary N) is 2. The fraction of sp³-hybridized carbons (Fsp3) is 0.500. The summed E-state index contributed by atoms with van der Waals surface area (Å²) in [5, 5.41) is 2.64. The van der Waals surface area contributed by atoms with Crippen LogP contribution in [0.5, 0.6) is 5.75 Å². The summed E-state index contributed by atoms with van der Waals surface area (Å²) in [4.78, 5) is 12.1. The molecule has 0 heterocycles. The number of amides is 1. The second-order valence-electron chi connectivity index (χ2n) is 6.35. The van der Waals surface area contributed by atoms with Crippen LogP contribution < -0.4 is 14.8 Å². The molecule has 0 bridgehead atoms. The summed E-state index contributed by atoms with van der Waals surface area (Å²) in [6.45, 7) is 5.91. The van der Waals surface area contributed by atoms with E-state index in [0.717, 1.165) is 25.7 Å². The van der Waals surface area contributed by atoms with E-state index in [1.165, 1.54) is 19.2 Å². The van der Waals surface area contributed by atoms with Gasteiger partial charge in [-0.05, 0) is 37.0 Å². The molecule has 2 atom stereocenters. The van der Waals surface area contributed by atoms with Crippen LogP contribution in [0.15, 0.2) is 35.7 Å². The SMILES string of the molecule is C=CCNC(=O)c1ccc(OC)c(S(=O)(=O)N[C@H]2CCCC[C@H]2C)c1. The molecule has 0 unspecified atom stereocenters. The third kappa shape index (κ3) is 4.83. The molecule has 1 saturated carbocycles. The Bertz CT molecular complexity index is 731. The molecule has 2 N–H and O–H groups in total. The first-order chi connectivity index (χ1) is 11.9. The zero-order chi connectivity index (χ0) is 18.4. The van der Waals surface area contributed by atoms with Crippen molar-refractivity contribution in [3.8, 4) is 5.75 Å². The predicted octanol–water partition coefficient (Wildman–Crippen LogP) is 2.47. The van der Waals surface area contributed by atoms with Crippen molar-refractivity contribution in [3.05, 3.63) is 36.4 Å². The van der Waals surface area contributed by atoms with E-state index < -0.39 is 10.0 Å². The lowest BCUT2D eigenvalue weighted by Gasteiger charge is -2.29. The van der Waals surface area contributed by atoms with Crippen LogP contribution in [0.25, 0.3) is 0 Å². The number of carbonyl (C=O) groups excluding carboxylic acids is 1. The van der Waals surface area contributed by atoms with E-state index in [4.69, 9.17) is 4.74 Å². The number of hydrogen-bond acceptors (Lipinski definition) is 4. The molecular formula is C18H26N2O4S. The van der Waals surface area contributed by atoms with Gasteiger partial charge in [0.25, 0.3) is 5.91 Å². The van der Waals surface area contributed by atoms with Crippen LogP contribution >= 0.6 is 0 Å². The van der Waals surface area contributed by atoms with Crippen molar-refractivity contribution in [1.82, 2.24) is 10.0 Å². The van der Waals surface area contributed by atoms with Crippen molar-refractivity contribution in [2.75, 3.05) is 13.7 Å². The van der Waals surface area contributed by atoms with Crippen molar-refractivity contribution in [2.24, 2.45) is 5.92 Å². The lowest BCUT2D eigenvalue weighted by atomic mass is 9.87. The van der Waals surface area contributed by atoms with E-state index in [0.29, 0.717) is 6.54 Å². The number of methoxy groups -OCH3 is 1. The van der Waals surface area contributed by atoms with Gasteiger partial charge >= 0.3 is 0 Å². The Morgan fingerprint density at radius 2 is 2.08 bits per heavy atom. The smallest absolute Gasteiger partial charge is 0.251 e. The van der Waals surface area contributed by atoms with Gasteiger partial charge in [0.15, 0.2) is 0 Å². The number of rotatable bonds is 7. The average Bonchev–Trinajstić information content (AvgIpc) is 2.61. The molecule has 1 aliphatic rings. The molecular weight excluding hydrogens is 340 g/mol. The Morgan fingerprint density at radius 3 is 2.72 bits per heavy atom.